The molecule has 184 valence electrons. The molecule has 2 aromatic rings. The SMILES string of the molecule is CC(C)C[C@@H](C(=O)O)N(Cc1ccc(-c2cc(C(N)=O)c(NC(N)=O)s2)c(Cl)c1)C1CCCC1. The van der Waals surface area contributed by atoms with Crippen molar-refractivity contribution in [3.63, 3.8) is 0 Å². The molecule has 1 saturated carbocycles. The number of thiophene rings is 1. The van der Waals surface area contributed by atoms with Gasteiger partial charge in [0.1, 0.15) is 11.0 Å². The van der Waals surface area contributed by atoms with Crippen molar-refractivity contribution < 1.29 is 19.5 Å². The molecule has 3 rings (SSSR count). The summed E-state index contributed by atoms with van der Waals surface area (Å²) in [5.74, 6) is -1.22. The van der Waals surface area contributed by atoms with Crippen LogP contribution in [0.2, 0.25) is 5.02 Å². The Kier molecular flexibility index (Phi) is 8.57. The molecule has 0 bridgehead atoms. The van der Waals surface area contributed by atoms with E-state index in [2.05, 4.69) is 10.2 Å². The van der Waals surface area contributed by atoms with Crippen molar-refractivity contribution in [1.29, 1.82) is 0 Å². The van der Waals surface area contributed by atoms with E-state index in [1.165, 1.54) is 0 Å². The van der Waals surface area contributed by atoms with E-state index in [1.807, 2.05) is 32.0 Å². The lowest BCUT2D eigenvalue weighted by Crippen LogP contribution is -2.46. The molecule has 1 aromatic heterocycles. The van der Waals surface area contributed by atoms with Crippen LogP contribution in [-0.2, 0) is 11.3 Å². The smallest absolute Gasteiger partial charge is 0.320 e. The number of carbonyl (C=O) groups is 3. The third kappa shape index (κ3) is 6.28. The number of rotatable bonds is 10. The number of urea groups is 1. The normalized spacial score (nSPS) is 15.1. The highest BCUT2D eigenvalue weighted by Gasteiger charge is 2.33. The number of carboxylic acid groups (broad SMARTS) is 1. The maximum absolute atomic E-state index is 12.2. The van der Waals surface area contributed by atoms with Crippen LogP contribution in [0, 0.1) is 5.92 Å². The Hall–Kier alpha value is -2.62. The molecule has 0 spiro atoms. The van der Waals surface area contributed by atoms with E-state index in [0.717, 1.165) is 42.6 Å². The first kappa shape index (κ1) is 26.0. The van der Waals surface area contributed by atoms with Gasteiger partial charge >= 0.3 is 12.0 Å². The number of anilines is 1. The van der Waals surface area contributed by atoms with Crippen molar-refractivity contribution in [2.45, 2.75) is 64.6 Å². The number of benzene rings is 1. The van der Waals surface area contributed by atoms with E-state index in [9.17, 15) is 19.5 Å². The summed E-state index contributed by atoms with van der Waals surface area (Å²) >= 11 is 7.78. The molecule has 0 unspecified atom stereocenters. The number of nitrogens with one attached hydrogen (secondary N) is 1. The Morgan fingerprint density at radius 3 is 2.41 bits per heavy atom. The summed E-state index contributed by atoms with van der Waals surface area (Å²) in [7, 11) is 0. The minimum Gasteiger partial charge on any atom is -0.480 e. The van der Waals surface area contributed by atoms with Crippen molar-refractivity contribution in [2.75, 3.05) is 5.32 Å². The van der Waals surface area contributed by atoms with Gasteiger partial charge in [0.2, 0.25) is 0 Å². The van der Waals surface area contributed by atoms with Gasteiger partial charge in [-0.05, 0) is 42.9 Å². The van der Waals surface area contributed by atoms with Crippen LogP contribution in [-0.4, -0.2) is 40.0 Å². The number of hydrogen-bond donors (Lipinski definition) is 4. The van der Waals surface area contributed by atoms with Crippen LogP contribution in [0.1, 0.15) is 61.9 Å². The maximum Gasteiger partial charge on any atom is 0.320 e. The van der Waals surface area contributed by atoms with E-state index in [-0.39, 0.29) is 22.5 Å². The molecule has 1 aromatic carbocycles. The van der Waals surface area contributed by atoms with Crippen molar-refractivity contribution in [3.05, 3.63) is 40.4 Å². The zero-order chi connectivity index (χ0) is 25.0. The van der Waals surface area contributed by atoms with Gasteiger partial charge in [0, 0.05) is 28.0 Å². The van der Waals surface area contributed by atoms with Crippen LogP contribution in [0.15, 0.2) is 24.3 Å². The Morgan fingerprint density at radius 1 is 1.21 bits per heavy atom. The van der Waals surface area contributed by atoms with Crippen molar-refractivity contribution in [2.24, 2.45) is 17.4 Å². The van der Waals surface area contributed by atoms with E-state index < -0.39 is 23.9 Å². The summed E-state index contributed by atoms with van der Waals surface area (Å²) in [6, 6.07) is 6.05. The third-order valence-electron chi connectivity index (χ3n) is 6.07. The minimum absolute atomic E-state index is 0.157. The molecule has 1 aliphatic rings. The standard InChI is InChI=1S/C24H31ClN4O4S/c1-13(2)9-19(23(31)32)29(15-5-3-4-6-15)12-14-7-8-16(18(25)10-14)20-11-17(21(26)30)22(34-20)28-24(27)33/h7-8,10-11,13,15,19H,3-6,9,12H2,1-2H3,(H2,26,30)(H,31,32)(H3,27,28,33)/t19-/m0/s1. The number of nitrogens with two attached hydrogens (primary N) is 2. The Balaban J connectivity index is 1.90. The van der Waals surface area contributed by atoms with Gasteiger partial charge in [0.25, 0.3) is 5.91 Å². The van der Waals surface area contributed by atoms with Gasteiger partial charge in [0.15, 0.2) is 0 Å². The van der Waals surface area contributed by atoms with Gasteiger partial charge in [-0.2, -0.15) is 0 Å². The summed E-state index contributed by atoms with van der Waals surface area (Å²) in [6.07, 6.45) is 4.79. The number of primary amides is 2. The highest BCUT2D eigenvalue weighted by Crippen LogP contribution is 2.39. The highest BCUT2D eigenvalue weighted by atomic mass is 35.5. The molecule has 0 saturated heterocycles. The average Bonchev–Trinajstić information content (AvgIpc) is 3.40. The van der Waals surface area contributed by atoms with Gasteiger partial charge in [-0.3, -0.25) is 19.8 Å². The summed E-state index contributed by atoms with van der Waals surface area (Å²) in [5.41, 5.74) is 12.4. The first-order valence-electron chi connectivity index (χ1n) is 11.3. The quantitative estimate of drug-likeness (QED) is 0.363. The summed E-state index contributed by atoms with van der Waals surface area (Å²) in [5, 5.41) is 13.1. The summed E-state index contributed by atoms with van der Waals surface area (Å²) < 4.78 is 0. The fourth-order valence-corrected chi connectivity index (χ4v) is 6.00. The molecule has 1 heterocycles. The molecule has 1 fully saturated rings. The van der Waals surface area contributed by atoms with Crippen molar-refractivity contribution in [1.82, 2.24) is 4.90 Å². The molecule has 6 N–H and O–H groups in total. The Bertz CT molecular complexity index is 1070. The fraction of sp³-hybridized carbons (Fsp3) is 0.458. The van der Waals surface area contributed by atoms with Crippen LogP contribution in [0.5, 0.6) is 0 Å². The van der Waals surface area contributed by atoms with Crippen LogP contribution < -0.4 is 16.8 Å². The minimum atomic E-state index is -0.796. The van der Waals surface area contributed by atoms with Gasteiger partial charge in [-0.25, -0.2) is 4.79 Å². The van der Waals surface area contributed by atoms with Crippen LogP contribution in [0.25, 0.3) is 10.4 Å². The molecular formula is C24H31ClN4O4S. The first-order chi connectivity index (χ1) is 16.1. The number of hydrogen-bond acceptors (Lipinski definition) is 5. The van der Waals surface area contributed by atoms with E-state index in [1.54, 1.807) is 6.07 Å². The molecular weight excluding hydrogens is 476 g/mol. The number of amides is 3. The van der Waals surface area contributed by atoms with Crippen LogP contribution >= 0.6 is 22.9 Å². The molecule has 1 atom stereocenters. The van der Waals surface area contributed by atoms with Crippen molar-refractivity contribution >= 4 is 45.8 Å². The number of carbonyl (C=O) groups excluding carboxylic acids is 2. The zero-order valence-corrected chi connectivity index (χ0v) is 20.9. The third-order valence-corrected chi connectivity index (χ3v) is 7.47. The zero-order valence-electron chi connectivity index (χ0n) is 19.3. The Labute approximate surface area is 208 Å². The maximum atomic E-state index is 12.2. The van der Waals surface area contributed by atoms with Crippen LogP contribution in [0.4, 0.5) is 9.80 Å². The number of carboxylic acids is 1. The lowest BCUT2D eigenvalue weighted by Gasteiger charge is -2.35. The number of halogens is 1. The summed E-state index contributed by atoms with van der Waals surface area (Å²) in [6.45, 7) is 4.56. The molecule has 8 nitrogen and oxygen atoms in total. The molecule has 0 radical (unpaired) electrons. The highest BCUT2D eigenvalue weighted by molar-refractivity contribution is 7.20. The van der Waals surface area contributed by atoms with E-state index in [4.69, 9.17) is 23.1 Å². The van der Waals surface area contributed by atoms with E-state index in [0.29, 0.717) is 28.4 Å². The largest absolute Gasteiger partial charge is 0.480 e. The molecule has 3 amide bonds. The average molecular weight is 507 g/mol. The lowest BCUT2D eigenvalue weighted by molar-refractivity contribution is -0.145. The van der Waals surface area contributed by atoms with Gasteiger partial charge < -0.3 is 16.6 Å². The second-order valence-electron chi connectivity index (χ2n) is 9.12. The molecule has 34 heavy (non-hydrogen) atoms. The van der Waals surface area contributed by atoms with Gasteiger partial charge in [-0.15, -0.1) is 11.3 Å². The monoisotopic (exact) mass is 506 g/mol. The second kappa shape index (κ2) is 11.2. The number of nitrogens with zero attached hydrogens (tertiary/aromatic N) is 1. The molecule has 10 heteroatoms. The first-order valence-corrected chi connectivity index (χ1v) is 12.5. The molecule has 1 aliphatic carbocycles. The van der Waals surface area contributed by atoms with Gasteiger partial charge in [-0.1, -0.05) is 50.4 Å². The van der Waals surface area contributed by atoms with Crippen molar-refractivity contribution in [3.8, 4) is 10.4 Å². The molecule has 0 aliphatic heterocycles. The fourth-order valence-electron chi connectivity index (χ4n) is 4.53. The second-order valence-corrected chi connectivity index (χ2v) is 10.6. The summed E-state index contributed by atoms with van der Waals surface area (Å²) in [4.78, 5) is 38.0. The van der Waals surface area contributed by atoms with E-state index >= 15 is 0 Å². The number of aliphatic carboxylic acids is 1. The topological polar surface area (TPSA) is 139 Å². The predicted octanol–water partition coefficient (Wildman–Crippen LogP) is 4.90. The van der Waals surface area contributed by atoms with Gasteiger partial charge in [0.05, 0.1) is 5.56 Å². The Morgan fingerprint density at radius 2 is 1.88 bits per heavy atom. The predicted molar refractivity (Wildman–Crippen MR) is 135 cm³/mol. The van der Waals surface area contributed by atoms with Crippen LogP contribution in [0.3, 0.4) is 0 Å². The lowest BCUT2D eigenvalue weighted by atomic mass is 9.99.